The highest BCUT2D eigenvalue weighted by Gasteiger charge is 2.21. The number of fused-ring (bicyclic) bond motifs is 1. The number of pyridine rings is 1. The molecule has 2 aromatic carbocycles. The lowest BCUT2D eigenvalue weighted by Gasteiger charge is -2.19. The fourth-order valence-corrected chi connectivity index (χ4v) is 3.33. The number of halogens is 1. The third-order valence-electron chi connectivity index (χ3n) is 4.67. The number of aryl methyl sites for hydroxylation is 1. The zero-order chi connectivity index (χ0) is 19.5. The van der Waals surface area contributed by atoms with Gasteiger partial charge in [0.25, 0.3) is 0 Å². The van der Waals surface area contributed by atoms with E-state index in [9.17, 15) is 9.18 Å². The van der Waals surface area contributed by atoms with Gasteiger partial charge in [0.05, 0.1) is 11.9 Å². The van der Waals surface area contributed by atoms with Gasteiger partial charge in [0.2, 0.25) is 5.91 Å². The summed E-state index contributed by atoms with van der Waals surface area (Å²) in [6.45, 7) is 0. The maximum Gasteiger partial charge on any atom is 0.225 e. The second-order valence-corrected chi connectivity index (χ2v) is 6.62. The monoisotopic (exact) mass is 374 g/mol. The summed E-state index contributed by atoms with van der Waals surface area (Å²) in [6, 6.07) is 15.3. The largest absolute Gasteiger partial charge is 0.342 e. The van der Waals surface area contributed by atoms with Crippen LogP contribution in [0.25, 0.3) is 10.9 Å². The van der Waals surface area contributed by atoms with Crippen LogP contribution in [0.5, 0.6) is 0 Å². The summed E-state index contributed by atoms with van der Waals surface area (Å²) in [5, 5.41) is 3.99. The Kier molecular flexibility index (Phi) is 4.85. The number of para-hydroxylation sites is 1. The van der Waals surface area contributed by atoms with Crippen LogP contribution >= 0.6 is 0 Å². The van der Waals surface area contributed by atoms with Crippen LogP contribution in [0, 0.1) is 5.82 Å². The Morgan fingerprint density at radius 1 is 1.11 bits per heavy atom. The summed E-state index contributed by atoms with van der Waals surface area (Å²) in [5.41, 5.74) is 2.28. The van der Waals surface area contributed by atoms with E-state index < -0.39 is 6.04 Å². The second kappa shape index (κ2) is 7.60. The molecule has 0 fully saturated rings. The van der Waals surface area contributed by atoms with Gasteiger partial charge in [-0.25, -0.2) is 9.37 Å². The molecule has 1 atom stereocenters. The van der Waals surface area contributed by atoms with Gasteiger partial charge in [-0.1, -0.05) is 36.4 Å². The molecule has 1 amide bonds. The van der Waals surface area contributed by atoms with Crippen molar-refractivity contribution in [3.63, 3.8) is 0 Å². The van der Waals surface area contributed by atoms with E-state index in [0.29, 0.717) is 11.4 Å². The fraction of sp³-hybridized carbons (Fsp3) is 0.136. The molecule has 2 aromatic heterocycles. The summed E-state index contributed by atoms with van der Waals surface area (Å²) in [5.74, 6) is 0.0922. The van der Waals surface area contributed by atoms with Crippen molar-refractivity contribution in [2.45, 2.75) is 12.5 Å². The van der Waals surface area contributed by atoms with Gasteiger partial charge >= 0.3 is 0 Å². The van der Waals surface area contributed by atoms with Crippen molar-refractivity contribution in [2.75, 3.05) is 0 Å². The first-order valence-electron chi connectivity index (χ1n) is 8.96. The molecule has 0 bridgehead atoms. The van der Waals surface area contributed by atoms with E-state index in [1.165, 1.54) is 12.1 Å². The van der Waals surface area contributed by atoms with Crippen molar-refractivity contribution < 1.29 is 9.18 Å². The Bertz CT molecular complexity index is 1130. The van der Waals surface area contributed by atoms with Gasteiger partial charge in [-0.2, -0.15) is 0 Å². The van der Waals surface area contributed by atoms with Crippen molar-refractivity contribution in [3.05, 3.63) is 96.0 Å². The fourth-order valence-electron chi connectivity index (χ4n) is 3.33. The summed E-state index contributed by atoms with van der Waals surface area (Å²) in [6.07, 6.45) is 5.34. The zero-order valence-electron chi connectivity index (χ0n) is 15.3. The lowest BCUT2D eigenvalue weighted by Crippen LogP contribution is -2.32. The molecule has 28 heavy (non-hydrogen) atoms. The van der Waals surface area contributed by atoms with Crippen molar-refractivity contribution in [1.29, 1.82) is 0 Å². The zero-order valence-corrected chi connectivity index (χ0v) is 15.3. The number of aromatic nitrogens is 3. The molecule has 0 saturated heterocycles. The van der Waals surface area contributed by atoms with Crippen LogP contribution in [0.4, 0.5) is 4.39 Å². The van der Waals surface area contributed by atoms with Gasteiger partial charge in [-0.3, -0.25) is 9.78 Å². The lowest BCUT2D eigenvalue weighted by molar-refractivity contribution is -0.121. The molecule has 6 heteroatoms. The number of carbonyl (C=O) groups is 1. The van der Waals surface area contributed by atoms with E-state index in [0.717, 1.165) is 16.5 Å². The Morgan fingerprint density at radius 2 is 1.93 bits per heavy atom. The summed E-state index contributed by atoms with van der Waals surface area (Å²) in [4.78, 5) is 21.6. The lowest BCUT2D eigenvalue weighted by atomic mass is 10.0. The van der Waals surface area contributed by atoms with E-state index in [-0.39, 0.29) is 18.1 Å². The Labute approximate surface area is 161 Å². The molecule has 1 N–H and O–H groups in total. The predicted octanol–water partition coefficient (Wildman–Crippen LogP) is 3.56. The molecule has 140 valence electrons. The number of hydrogen-bond donors (Lipinski definition) is 1. The molecule has 4 rings (SSSR count). The highest BCUT2D eigenvalue weighted by molar-refractivity contribution is 5.87. The average molecular weight is 374 g/mol. The van der Waals surface area contributed by atoms with Gasteiger partial charge in [-0.15, -0.1) is 0 Å². The Morgan fingerprint density at radius 3 is 2.71 bits per heavy atom. The maximum atomic E-state index is 13.8. The molecule has 0 aliphatic rings. The van der Waals surface area contributed by atoms with Gasteiger partial charge in [-0.05, 0) is 29.3 Å². The van der Waals surface area contributed by atoms with Crippen molar-refractivity contribution >= 4 is 16.8 Å². The van der Waals surface area contributed by atoms with E-state index in [1.807, 2.05) is 41.9 Å². The second-order valence-electron chi connectivity index (χ2n) is 6.62. The first-order valence-corrected chi connectivity index (χ1v) is 8.96. The van der Waals surface area contributed by atoms with Crippen LogP contribution in [-0.2, 0) is 18.3 Å². The molecular formula is C22H19FN4O. The van der Waals surface area contributed by atoms with E-state index in [1.54, 1.807) is 30.7 Å². The van der Waals surface area contributed by atoms with Crippen LogP contribution < -0.4 is 5.32 Å². The molecule has 0 aliphatic heterocycles. The minimum Gasteiger partial charge on any atom is -0.342 e. The van der Waals surface area contributed by atoms with Crippen molar-refractivity contribution in [2.24, 2.45) is 7.05 Å². The van der Waals surface area contributed by atoms with Crippen LogP contribution in [0.15, 0.2) is 73.2 Å². The van der Waals surface area contributed by atoms with Crippen LogP contribution in [-0.4, -0.2) is 20.4 Å². The average Bonchev–Trinajstić information content (AvgIpc) is 3.12. The van der Waals surface area contributed by atoms with Gasteiger partial charge in [0, 0.05) is 31.0 Å². The highest BCUT2D eigenvalue weighted by Crippen LogP contribution is 2.22. The van der Waals surface area contributed by atoms with Gasteiger partial charge < -0.3 is 9.88 Å². The Hall–Kier alpha value is -3.54. The predicted molar refractivity (Wildman–Crippen MR) is 105 cm³/mol. The number of carbonyl (C=O) groups excluding carboxylic acids is 1. The van der Waals surface area contributed by atoms with Crippen LogP contribution in [0.3, 0.4) is 0 Å². The number of hydrogen-bond acceptors (Lipinski definition) is 3. The first-order chi connectivity index (χ1) is 13.6. The van der Waals surface area contributed by atoms with E-state index >= 15 is 0 Å². The number of rotatable bonds is 5. The molecule has 0 saturated carbocycles. The van der Waals surface area contributed by atoms with Gasteiger partial charge in [0.1, 0.15) is 17.7 Å². The summed E-state index contributed by atoms with van der Waals surface area (Å²) < 4.78 is 15.6. The minimum absolute atomic E-state index is 0.171. The standard InChI is InChI=1S/C22H19FN4O/c1-27-12-11-25-22(27)21(16-7-3-9-18(23)13-16)26-19(28)14-17-6-2-5-15-8-4-10-24-20(15)17/h2-13,21H,14H2,1H3,(H,26,28). The molecule has 0 spiro atoms. The Balaban J connectivity index is 1.63. The number of imidazole rings is 1. The third kappa shape index (κ3) is 3.62. The topological polar surface area (TPSA) is 59.8 Å². The molecule has 0 aliphatic carbocycles. The number of nitrogens with one attached hydrogen (secondary N) is 1. The van der Waals surface area contributed by atoms with Crippen LogP contribution in [0.1, 0.15) is 23.0 Å². The minimum atomic E-state index is -0.550. The highest BCUT2D eigenvalue weighted by atomic mass is 19.1. The number of amides is 1. The summed E-state index contributed by atoms with van der Waals surface area (Å²) in [7, 11) is 1.84. The number of benzene rings is 2. The van der Waals surface area contributed by atoms with Crippen LogP contribution in [0.2, 0.25) is 0 Å². The van der Waals surface area contributed by atoms with E-state index in [4.69, 9.17) is 0 Å². The molecule has 0 radical (unpaired) electrons. The third-order valence-corrected chi connectivity index (χ3v) is 4.67. The summed E-state index contributed by atoms with van der Waals surface area (Å²) >= 11 is 0. The SMILES string of the molecule is Cn1ccnc1C(NC(=O)Cc1cccc2cccnc12)c1cccc(F)c1. The molecule has 1 unspecified atom stereocenters. The smallest absolute Gasteiger partial charge is 0.225 e. The number of nitrogens with zero attached hydrogens (tertiary/aromatic N) is 3. The molecule has 2 heterocycles. The van der Waals surface area contributed by atoms with Gasteiger partial charge in [0.15, 0.2) is 0 Å². The quantitative estimate of drug-likeness (QED) is 0.581. The molecule has 5 nitrogen and oxygen atoms in total. The van der Waals surface area contributed by atoms with Crippen molar-refractivity contribution in [3.8, 4) is 0 Å². The van der Waals surface area contributed by atoms with Crippen molar-refractivity contribution in [1.82, 2.24) is 19.9 Å². The first kappa shape index (κ1) is 17.9. The molecular weight excluding hydrogens is 355 g/mol. The molecule has 4 aromatic rings. The normalized spacial score (nSPS) is 12.1. The van der Waals surface area contributed by atoms with E-state index in [2.05, 4.69) is 15.3 Å². The maximum absolute atomic E-state index is 13.8.